The molecule has 20 heavy (non-hydrogen) atoms. The van der Waals surface area contributed by atoms with Crippen molar-refractivity contribution in [1.29, 1.82) is 0 Å². The van der Waals surface area contributed by atoms with Crippen LogP contribution in [0.5, 0.6) is 0 Å². The standard InChI is InChI=1S/C16H19NOS2/c1-4-12-5-7-13(8-6-12)9-14-15(18)17(10-11(2)3)16(19)20-14/h5-9,11H,4,10H2,1-3H3/b14-9-. The maximum Gasteiger partial charge on any atom is 0.266 e. The van der Waals surface area contributed by atoms with Gasteiger partial charge in [-0.25, -0.2) is 0 Å². The molecule has 0 radical (unpaired) electrons. The van der Waals surface area contributed by atoms with Gasteiger partial charge in [0.2, 0.25) is 0 Å². The van der Waals surface area contributed by atoms with Crippen LogP contribution in [0.3, 0.4) is 0 Å². The van der Waals surface area contributed by atoms with Gasteiger partial charge in [0.05, 0.1) is 4.91 Å². The molecule has 0 spiro atoms. The van der Waals surface area contributed by atoms with Crippen molar-refractivity contribution in [3.63, 3.8) is 0 Å². The zero-order valence-corrected chi connectivity index (χ0v) is 13.7. The molecule has 1 fully saturated rings. The first-order chi connectivity index (χ1) is 9.51. The van der Waals surface area contributed by atoms with Gasteiger partial charge in [0.25, 0.3) is 5.91 Å². The average Bonchev–Trinajstić information content (AvgIpc) is 2.67. The summed E-state index contributed by atoms with van der Waals surface area (Å²) in [5.74, 6) is 0.453. The highest BCUT2D eigenvalue weighted by molar-refractivity contribution is 8.26. The summed E-state index contributed by atoms with van der Waals surface area (Å²) in [6.45, 7) is 7.00. The van der Waals surface area contributed by atoms with Gasteiger partial charge in [-0.05, 0) is 29.5 Å². The van der Waals surface area contributed by atoms with E-state index < -0.39 is 0 Å². The lowest BCUT2D eigenvalue weighted by atomic mass is 10.1. The molecule has 0 atom stereocenters. The van der Waals surface area contributed by atoms with Gasteiger partial charge < -0.3 is 0 Å². The Labute approximate surface area is 130 Å². The summed E-state index contributed by atoms with van der Waals surface area (Å²) in [7, 11) is 0. The van der Waals surface area contributed by atoms with Crippen LogP contribution < -0.4 is 0 Å². The first-order valence-corrected chi connectivity index (χ1v) is 8.08. The Balaban J connectivity index is 2.18. The summed E-state index contributed by atoms with van der Waals surface area (Å²) in [6.07, 6.45) is 2.95. The van der Waals surface area contributed by atoms with Gasteiger partial charge in [0.1, 0.15) is 4.32 Å². The monoisotopic (exact) mass is 305 g/mol. The van der Waals surface area contributed by atoms with E-state index in [1.54, 1.807) is 4.90 Å². The Hall–Kier alpha value is -1.13. The number of nitrogens with zero attached hydrogens (tertiary/aromatic N) is 1. The number of thioether (sulfide) groups is 1. The molecule has 0 aliphatic carbocycles. The number of aryl methyl sites for hydroxylation is 1. The van der Waals surface area contributed by atoms with Crippen molar-refractivity contribution in [2.24, 2.45) is 5.92 Å². The van der Waals surface area contributed by atoms with E-state index >= 15 is 0 Å². The number of carbonyl (C=O) groups excluding carboxylic acids is 1. The topological polar surface area (TPSA) is 20.3 Å². The van der Waals surface area contributed by atoms with E-state index in [2.05, 4.69) is 32.9 Å². The van der Waals surface area contributed by atoms with Gasteiger partial charge in [-0.2, -0.15) is 0 Å². The highest BCUT2D eigenvalue weighted by Crippen LogP contribution is 2.33. The normalized spacial score (nSPS) is 17.6. The predicted octanol–water partition coefficient (Wildman–Crippen LogP) is 4.11. The van der Waals surface area contributed by atoms with Crippen LogP contribution in [0.1, 0.15) is 31.9 Å². The highest BCUT2D eigenvalue weighted by atomic mass is 32.2. The molecule has 0 aromatic heterocycles. The van der Waals surface area contributed by atoms with E-state index in [0.29, 0.717) is 16.8 Å². The Bertz CT molecular complexity index is 546. The van der Waals surface area contributed by atoms with Crippen LogP contribution in [-0.2, 0) is 11.2 Å². The molecule has 0 N–H and O–H groups in total. The number of carbonyl (C=O) groups is 1. The number of hydrogen-bond donors (Lipinski definition) is 0. The molecule has 0 bridgehead atoms. The quantitative estimate of drug-likeness (QED) is 0.617. The molecule has 1 aliphatic rings. The molecule has 106 valence electrons. The molecule has 1 heterocycles. The summed E-state index contributed by atoms with van der Waals surface area (Å²) < 4.78 is 0.667. The van der Waals surface area contributed by atoms with E-state index in [1.807, 2.05) is 18.2 Å². The minimum absolute atomic E-state index is 0.0354. The summed E-state index contributed by atoms with van der Waals surface area (Å²) >= 11 is 6.69. The van der Waals surface area contributed by atoms with E-state index in [1.165, 1.54) is 17.3 Å². The van der Waals surface area contributed by atoms with Gasteiger partial charge in [0, 0.05) is 6.54 Å². The predicted molar refractivity (Wildman–Crippen MR) is 90.5 cm³/mol. The Kier molecular flexibility index (Phi) is 5.00. The molecule has 1 amide bonds. The fourth-order valence-electron chi connectivity index (χ4n) is 2.02. The Morgan fingerprint density at radius 2 is 1.95 bits per heavy atom. The summed E-state index contributed by atoms with van der Waals surface area (Å²) in [6, 6.07) is 8.29. The fourth-order valence-corrected chi connectivity index (χ4v) is 3.30. The zero-order valence-electron chi connectivity index (χ0n) is 12.1. The Morgan fingerprint density at radius 1 is 1.30 bits per heavy atom. The lowest BCUT2D eigenvalue weighted by Gasteiger charge is -2.16. The number of rotatable bonds is 4. The van der Waals surface area contributed by atoms with Crippen LogP contribution in [0.2, 0.25) is 0 Å². The third-order valence-corrected chi connectivity index (χ3v) is 4.48. The number of thiocarbonyl (C=S) groups is 1. The van der Waals surface area contributed by atoms with Crippen molar-refractivity contribution in [2.75, 3.05) is 6.54 Å². The third-order valence-electron chi connectivity index (χ3n) is 3.11. The second-order valence-corrected chi connectivity index (χ2v) is 6.96. The number of hydrogen-bond acceptors (Lipinski definition) is 3. The van der Waals surface area contributed by atoms with Crippen LogP contribution in [0.15, 0.2) is 29.2 Å². The van der Waals surface area contributed by atoms with E-state index in [-0.39, 0.29) is 5.91 Å². The number of amides is 1. The third kappa shape index (κ3) is 3.49. The minimum Gasteiger partial charge on any atom is -0.293 e. The van der Waals surface area contributed by atoms with Crippen molar-refractivity contribution < 1.29 is 4.79 Å². The molecule has 1 aromatic carbocycles. The summed E-state index contributed by atoms with van der Waals surface area (Å²) in [5.41, 5.74) is 2.35. The second-order valence-electron chi connectivity index (χ2n) is 5.28. The van der Waals surface area contributed by atoms with Gasteiger partial charge in [-0.3, -0.25) is 9.69 Å². The second kappa shape index (κ2) is 6.55. The molecule has 0 saturated carbocycles. The maximum absolute atomic E-state index is 12.3. The molecule has 0 unspecified atom stereocenters. The van der Waals surface area contributed by atoms with Crippen molar-refractivity contribution >= 4 is 40.3 Å². The van der Waals surface area contributed by atoms with Gasteiger partial charge in [0.15, 0.2) is 0 Å². The molecule has 2 nitrogen and oxygen atoms in total. The smallest absolute Gasteiger partial charge is 0.266 e. The minimum atomic E-state index is 0.0354. The lowest BCUT2D eigenvalue weighted by molar-refractivity contribution is -0.122. The van der Waals surface area contributed by atoms with Gasteiger partial charge in [-0.15, -0.1) is 0 Å². The summed E-state index contributed by atoms with van der Waals surface area (Å²) in [5, 5.41) is 0. The highest BCUT2D eigenvalue weighted by Gasteiger charge is 2.32. The molecular weight excluding hydrogens is 286 g/mol. The molecule has 1 saturated heterocycles. The Morgan fingerprint density at radius 3 is 2.50 bits per heavy atom. The van der Waals surface area contributed by atoms with Crippen molar-refractivity contribution in [3.05, 3.63) is 40.3 Å². The van der Waals surface area contributed by atoms with E-state index in [9.17, 15) is 4.79 Å². The number of benzene rings is 1. The maximum atomic E-state index is 12.3. The molecule has 2 rings (SSSR count). The molecule has 1 aliphatic heterocycles. The first-order valence-electron chi connectivity index (χ1n) is 6.85. The summed E-state index contributed by atoms with van der Waals surface area (Å²) in [4.78, 5) is 14.8. The van der Waals surface area contributed by atoms with Gasteiger partial charge in [-0.1, -0.05) is 69.0 Å². The van der Waals surface area contributed by atoms with E-state index in [4.69, 9.17) is 12.2 Å². The molecular formula is C16H19NOS2. The van der Waals surface area contributed by atoms with Crippen molar-refractivity contribution in [3.8, 4) is 0 Å². The van der Waals surface area contributed by atoms with Crippen molar-refractivity contribution in [1.82, 2.24) is 4.90 Å². The van der Waals surface area contributed by atoms with Gasteiger partial charge >= 0.3 is 0 Å². The van der Waals surface area contributed by atoms with Crippen molar-refractivity contribution in [2.45, 2.75) is 27.2 Å². The van der Waals surface area contributed by atoms with Crippen LogP contribution in [0.25, 0.3) is 6.08 Å². The lowest BCUT2D eigenvalue weighted by Crippen LogP contribution is -2.31. The van der Waals surface area contributed by atoms with Crippen LogP contribution in [0.4, 0.5) is 0 Å². The van der Waals surface area contributed by atoms with Crippen LogP contribution in [0, 0.1) is 5.92 Å². The first kappa shape index (κ1) is 15.3. The molecule has 1 aromatic rings. The van der Waals surface area contributed by atoms with E-state index in [0.717, 1.165) is 16.9 Å². The van der Waals surface area contributed by atoms with Crippen LogP contribution in [-0.4, -0.2) is 21.7 Å². The van der Waals surface area contributed by atoms with Crippen LogP contribution >= 0.6 is 24.0 Å². The molecule has 4 heteroatoms. The average molecular weight is 305 g/mol. The SMILES string of the molecule is CCc1ccc(/C=C2\SC(=S)N(CC(C)C)C2=O)cc1. The largest absolute Gasteiger partial charge is 0.293 e. The zero-order chi connectivity index (χ0) is 14.7. The fraction of sp³-hybridized carbons (Fsp3) is 0.375.